The number of ketones is 1. The summed E-state index contributed by atoms with van der Waals surface area (Å²) >= 11 is 0. The first-order chi connectivity index (χ1) is 13.6. The molecule has 1 aromatic rings. The van der Waals surface area contributed by atoms with Crippen molar-refractivity contribution < 1.29 is 19.5 Å². The summed E-state index contributed by atoms with van der Waals surface area (Å²) in [5.74, 6) is -1.35. The van der Waals surface area contributed by atoms with E-state index in [9.17, 15) is 19.5 Å². The largest absolute Gasteiger partial charge is 0.480 e. The van der Waals surface area contributed by atoms with Gasteiger partial charge >= 0.3 is 5.97 Å². The van der Waals surface area contributed by atoms with Crippen molar-refractivity contribution in [3.05, 3.63) is 35.2 Å². The van der Waals surface area contributed by atoms with E-state index < -0.39 is 17.4 Å². The van der Waals surface area contributed by atoms with Gasteiger partial charge < -0.3 is 21.5 Å². The number of nitrogens with two attached hydrogens (primary N) is 2. The number of Topliss-reactive ketones (excluding diaryl/α,β-unsaturated/α-hetero) is 1. The molecule has 1 aromatic heterocycles. The number of aliphatic imine (C=N–C) groups is 1. The van der Waals surface area contributed by atoms with E-state index in [0.717, 1.165) is 0 Å². The third kappa shape index (κ3) is 3.98. The van der Waals surface area contributed by atoms with Crippen molar-refractivity contribution >= 4 is 29.7 Å². The Morgan fingerprint density at radius 3 is 2.79 bits per heavy atom. The van der Waals surface area contributed by atoms with Crippen LogP contribution in [0.25, 0.3) is 6.08 Å². The standard InChI is InChI=1S/C20H25N5O4/c1-20(2)10-14-13(17(27)25(14)16(20)18(28)29)9-12-8-11(5-7-23-12)15(26)4-3-6-24-19(21)22/h5,7-9,14,16H,3-4,6,10H2,1-2H3,(H,28,29)(H4,21,22,24)/b13-9+/t14?,16-/m0/s1. The van der Waals surface area contributed by atoms with E-state index in [1.54, 1.807) is 18.2 Å². The molecule has 0 spiro atoms. The molecule has 3 heterocycles. The molecule has 9 nitrogen and oxygen atoms in total. The third-order valence-corrected chi connectivity index (χ3v) is 5.41. The minimum Gasteiger partial charge on any atom is -0.480 e. The fourth-order valence-electron chi connectivity index (χ4n) is 4.07. The second kappa shape index (κ2) is 7.65. The summed E-state index contributed by atoms with van der Waals surface area (Å²) in [7, 11) is 0. The molecule has 2 aliphatic rings. The number of rotatable bonds is 7. The second-order valence-corrected chi connectivity index (χ2v) is 8.06. The smallest absolute Gasteiger partial charge is 0.327 e. The van der Waals surface area contributed by atoms with E-state index in [-0.39, 0.29) is 23.7 Å². The van der Waals surface area contributed by atoms with E-state index in [2.05, 4.69) is 9.98 Å². The average molecular weight is 399 g/mol. The molecule has 2 atom stereocenters. The van der Waals surface area contributed by atoms with Crippen molar-refractivity contribution in [3.8, 4) is 0 Å². The molecule has 154 valence electrons. The van der Waals surface area contributed by atoms with Crippen LogP contribution in [0.4, 0.5) is 0 Å². The number of hydrogen-bond donors (Lipinski definition) is 3. The van der Waals surface area contributed by atoms with Crippen LogP contribution in [-0.2, 0) is 9.59 Å². The fourth-order valence-corrected chi connectivity index (χ4v) is 4.07. The zero-order valence-corrected chi connectivity index (χ0v) is 16.5. The number of hydrogen-bond acceptors (Lipinski definition) is 5. The van der Waals surface area contributed by atoms with E-state index in [1.807, 2.05) is 13.8 Å². The van der Waals surface area contributed by atoms with Crippen LogP contribution in [0, 0.1) is 5.41 Å². The summed E-state index contributed by atoms with van der Waals surface area (Å²) in [6.45, 7) is 4.09. The van der Waals surface area contributed by atoms with Gasteiger partial charge in [0.25, 0.3) is 5.91 Å². The van der Waals surface area contributed by atoms with Gasteiger partial charge in [0.15, 0.2) is 11.7 Å². The third-order valence-electron chi connectivity index (χ3n) is 5.41. The second-order valence-electron chi connectivity index (χ2n) is 8.06. The number of carbonyl (C=O) groups is 3. The summed E-state index contributed by atoms with van der Waals surface area (Å²) in [6.07, 6.45) is 4.57. The normalized spacial score (nSPS) is 23.4. The van der Waals surface area contributed by atoms with Crippen molar-refractivity contribution in [1.29, 1.82) is 0 Å². The molecular formula is C20H25N5O4. The molecule has 2 fully saturated rings. The first-order valence-electron chi connectivity index (χ1n) is 9.43. The molecule has 2 saturated heterocycles. The first-order valence-corrected chi connectivity index (χ1v) is 9.43. The van der Waals surface area contributed by atoms with Crippen LogP contribution in [-0.4, -0.2) is 57.2 Å². The van der Waals surface area contributed by atoms with Gasteiger partial charge in [-0.05, 0) is 36.5 Å². The predicted molar refractivity (Wildman–Crippen MR) is 107 cm³/mol. The Labute approximate surface area is 168 Å². The average Bonchev–Trinajstić information content (AvgIpc) is 2.91. The zero-order valence-electron chi connectivity index (χ0n) is 16.5. The number of aromatic nitrogens is 1. The molecule has 0 bridgehead atoms. The monoisotopic (exact) mass is 399 g/mol. The molecule has 9 heteroatoms. The van der Waals surface area contributed by atoms with Crippen LogP contribution in [0.2, 0.25) is 0 Å². The van der Waals surface area contributed by atoms with Gasteiger partial charge in [0, 0.05) is 30.3 Å². The quantitative estimate of drug-likeness (QED) is 0.153. The van der Waals surface area contributed by atoms with Gasteiger partial charge in [-0.25, -0.2) is 4.79 Å². The molecule has 3 rings (SSSR count). The van der Waals surface area contributed by atoms with E-state index in [0.29, 0.717) is 42.6 Å². The number of β-lactam (4-membered cyclic amide) rings is 1. The number of carbonyl (C=O) groups excluding carboxylic acids is 2. The summed E-state index contributed by atoms with van der Waals surface area (Å²) < 4.78 is 0. The van der Waals surface area contributed by atoms with Gasteiger partial charge in [0.05, 0.1) is 11.7 Å². The Balaban J connectivity index is 1.73. The molecule has 0 aliphatic carbocycles. The van der Waals surface area contributed by atoms with Gasteiger partial charge in [-0.2, -0.15) is 0 Å². The summed E-state index contributed by atoms with van der Waals surface area (Å²) in [5, 5.41) is 9.50. The Morgan fingerprint density at radius 1 is 1.41 bits per heavy atom. The Bertz CT molecular complexity index is 917. The molecule has 0 radical (unpaired) electrons. The zero-order chi connectivity index (χ0) is 21.3. The van der Waals surface area contributed by atoms with Crippen LogP contribution in [0.5, 0.6) is 0 Å². The molecule has 1 unspecified atom stereocenters. The first kappa shape index (κ1) is 20.5. The van der Waals surface area contributed by atoms with Crippen LogP contribution < -0.4 is 11.5 Å². The molecule has 1 amide bonds. The number of guanidine groups is 1. The van der Waals surface area contributed by atoms with Crippen molar-refractivity contribution in [2.24, 2.45) is 21.9 Å². The van der Waals surface area contributed by atoms with Gasteiger partial charge in [-0.3, -0.25) is 19.6 Å². The topological polar surface area (TPSA) is 152 Å². The highest BCUT2D eigenvalue weighted by atomic mass is 16.4. The number of aliphatic carboxylic acids is 1. The molecule has 2 aliphatic heterocycles. The minimum atomic E-state index is -0.989. The minimum absolute atomic E-state index is 0.00490. The van der Waals surface area contributed by atoms with Crippen LogP contribution >= 0.6 is 0 Å². The van der Waals surface area contributed by atoms with Crippen LogP contribution in [0.3, 0.4) is 0 Å². The maximum absolute atomic E-state index is 12.6. The fraction of sp³-hybridized carbons (Fsp3) is 0.450. The van der Waals surface area contributed by atoms with Crippen molar-refractivity contribution in [2.45, 2.75) is 45.2 Å². The Hall–Kier alpha value is -3.23. The Morgan fingerprint density at radius 2 is 2.14 bits per heavy atom. The van der Waals surface area contributed by atoms with Gasteiger partial charge in [-0.15, -0.1) is 0 Å². The van der Waals surface area contributed by atoms with Crippen LogP contribution in [0.1, 0.15) is 49.2 Å². The van der Waals surface area contributed by atoms with Crippen molar-refractivity contribution in [1.82, 2.24) is 9.88 Å². The maximum atomic E-state index is 12.6. The number of fused-ring (bicyclic) bond motifs is 1. The lowest BCUT2D eigenvalue weighted by molar-refractivity contribution is -0.154. The summed E-state index contributed by atoms with van der Waals surface area (Å²) in [4.78, 5) is 46.0. The molecule has 0 aromatic carbocycles. The lowest BCUT2D eigenvalue weighted by Crippen LogP contribution is -2.57. The van der Waals surface area contributed by atoms with Crippen molar-refractivity contribution in [3.63, 3.8) is 0 Å². The molecule has 29 heavy (non-hydrogen) atoms. The van der Waals surface area contributed by atoms with Gasteiger partial charge in [0.1, 0.15) is 6.04 Å². The van der Waals surface area contributed by atoms with E-state index in [4.69, 9.17) is 11.5 Å². The Kier molecular flexibility index (Phi) is 5.41. The number of carboxylic acids is 1. The van der Waals surface area contributed by atoms with Crippen LogP contribution in [0.15, 0.2) is 28.9 Å². The number of nitrogens with zero attached hydrogens (tertiary/aromatic N) is 3. The molecular weight excluding hydrogens is 374 g/mol. The highest BCUT2D eigenvalue weighted by Gasteiger charge is 2.60. The number of amides is 1. The number of pyridine rings is 1. The highest BCUT2D eigenvalue weighted by molar-refractivity contribution is 6.08. The predicted octanol–water partition coefficient (Wildman–Crippen LogP) is 0.795. The van der Waals surface area contributed by atoms with Crippen molar-refractivity contribution in [2.75, 3.05) is 6.54 Å². The lowest BCUT2D eigenvalue weighted by Gasteiger charge is -2.40. The van der Waals surface area contributed by atoms with Gasteiger partial charge in [-0.1, -0.05) is 13.8 Å². The highest BCUT2D eigenvalue weighted by Crippen LogP contribution is 2.49. The maximum Gasteiger partial charge on any atom is 0.327 e. The van der Waals surface area contributed by atoms with E-state index in [1.165, 1.54) is 11.1 Å². The lowest BCUT2D eigenvalue weighted by atomic mass is 9.83. The SMILES string of the molecule is CC1(C)CC2/C(=C\c3cc(C(=O)CCCN=C(N)N)ccn3)C(=O)N2[C@H]1C(=O)O. The molecule has 5 N–H and O–H groups in total. The summed E-state index contributed by atoms with van der Waals surface area (Å²) in [5.41, 5.74) is 11.5. The summed E-state index contributed by atoms with van der Waals surface area (Å²) in [6, 6.07) is 2.20. The van der Waals surface area contributed by atoms with Gasteiger partial charge in [0.2, 0.25) is 0 Å². The molecule has 0 saturated carbocycles. The number of carboxylic acid groups (broad SMARTS) is 1. The van der Waals surface area contributed by atoms with E-state index >= 15 is 0 Å².